The molecule has 1 aliphatic heterocycles. The number of benzene rings is 2. The Labute approximate surface area is 173 Å². The van der Waals surface area contributed by atoms with Crippen molar-refractivity contribution in [2.45, 2.75) is 13.0 Å². The lowest BCUT2D eigenvalue weighted by atomic mass is 10.0. The Morgan fingerprint density at radius 1 is 1.03 bits per heavy atom. The van der Waals surface area contributed by atoms with Gasteiger partial charge in [-0.05, 0) is 42.8 Å². The molecule has 7 heteroatoms. The van der Waals surface area contributed by atoms with Gasteiger partial charge in [0.05, 0.1) is 17.1 Å². The van der Waals surface area contributed by atoms with Gasteiger partial charge in [0.15, 0.2) is 0 Å². The number of fused-ring (bicyclic) bond motifs is 1. The van der Waals surface area contributed by atoms with Crippen LogP contribution in [0.5, 0.6) is 0 Å². The van der Waals surface area contributed by atoms with Gasteiger partial charge < -0.3 is 4.90 Å². The van der Waals surface area contributed by atoms with E-state index in [2.05, 4.69) is 11.1 Å². The summed E-state index contributed by atoms with van der Waals surface area (Å²) in [4.78, 5) is 21.2. The lowest BCUT2D eigenvalue weighted by Gasteiger charge is -2.37. The maximum absolute atomic E-state index is 13.6. The number of carbonyl (C=O) groups excluding carboxylic acids is 1. The minimum Gasteiger partial charge on any atom is -0.336 e. The smallest absolute Gasteiger partial charge is 0.254 e. The molecule has 0 radical (unpaired) electrons. The number of halogens is 2. The zero-order valence-corrected chi connectivity index (χ0v) is 16.5. The molecule has 30 heavy (non-hydrogen) atoms. The van der Waals surface area contributed by atoms with Crippen molar-refractivity contribution in [1.82, 2.24) is 14.8 Å². The van der Waals surface area contributed by atoms with Crippen molar-refractivity contribution in [2.75, 3.05) is 26.2 Å². The number of hydrogen-bond donors (Lipinski definition) is 0. The monoisotopic (exact) mass is 406 g/mol. The fraction of sp³-hybridized carbons (Fsp3) is 0.261. The van der Waals surface area contributed by atoms with Gasteiger partial charge in [-0.3, -0.25) is 14.7 Å². The standard InChI is InChI=1S/C23H20F2N4O/c1-15-12-20(19-7-6-18(25)13-21(19)27-15)23(30)29-10-8-28(9-11-29)22(14-26)16-2-4-17(24)5-3-16/h2-7,12-13,22H,8-11H2,1H3. The van der Waals surface area contributed by atoms with E-state index in [-0.39, 0.29) is 11.7 Å². The van der Waals surface area contributed by atoms with E-state index in [0.717, 1.165) is 5.56 Å². The second-order valence-corrected chi connectivity index (χ2v) is 7.38. The molecule has 5 nitrogen and oxygen atoms in total. The highest BCUT2D eigenvalue weighted by atomic mass is 19.1. The molecule has 1 saturated heterocycles. The Hall–Kier alpha value is -3.37. The van der Waals surface area contributed by atoms with Crippen LogP contribution in [0.4, 0.5) is 8.78 Å². The first-order chi connectivity index (χ1) is 14.5. The fourth-order valence-corrected chi connectivity index (χ4v) is 3.88. The van der Waals surface area contributed by atoms with Crippen molar-refractivity contribution >= 4 is 16.8 Å². The summed E-state index contributed by atoms with van der Waals surface area (Å²) < 4.78 is 26.8. The maximum Gasteiger partial charge on any atom is 0.254 e. The minimum absolute atomic E-state index is 0.132. The molecule has 1 amide bonds. The second kappa shape index (κ2) is 8.17. The highest BCUT2D eigenvalue weighted by Crippen LogP contribution is 2.25. The highest BCUT2D eigenvalue weighted by Gasteiger charge is 2.28. The van der Waals surface area contributed by atoms with Crippen molar-refractivity contribution in [1.29, 1.82) is 5.26 Å². The summed E-state index contributed by atoms with van der Waals surface area (Å²) in [6.45, 7) is 3.75. The summed E-state index contributed by atoms with van der Waals surface area (Å²) >= 11 is 0. The quantitative estimate of drug-likeness (QED) is 0.663. The van der Waals surface area contributed by atoms with Crippen LogP contribution in [-0.4, -0.2) is 46.9 Å². The third kappa shape index (κ3) is 3.87. The third-order valence-corrected chi connectivity index (χ3v) is 5.41. The first-order valence-corrected chi connectivity index (χ1v) is 9.71. The van der Waals surface area contributed by atoms with E-state index in [4.69, 9.17) is 0 Å². The Bertz CT molecular complexity index is 1130. The van der Waals surface area contributed by atoms with E-state index < -0.39 is 11.9 Å². The van der Waals surface area contributed by atoms with Gasteiger partial charge in [0.1, 0.15) is 17.7 Å². The van der Waals surface area contributed by atoms with Crippen molar-refractivity contribution in [3.63, 3.8) is 0 Å². The van der Waals surface area contributed by atoms with E-state index in [0.29, 0.717) is 48.3 Å². The van der Waals surface area contributed by atoms with E-state index in [1.165, 1.54) is 24.3 Å². The van der Waals surface area contributed by atoms with Gasteiger partial charge in [-0.1, -0.05) is 12.1 Å². The summed E-state index contributed by atoms with van der Waals surface area (Å²) in [7, 11) is 0. The molecule has 1 aromatic heterocycles. The molecule has 2 heterocycles. The molecular weight excluding hydrogens is 386 g/mol. The van der Waals surface area contributed by atoms with Gasteiger partial charge in [0, 0.05) is 43.3 Å². The molecule has 1 aliphatic rings. The maximum atomic E-state index is 13.6. The Morgan fingerprint density at radius 3 is 2.37 bits per heavy atom. The van der Waals surface area contributed by atoms with E-state index in [9.17, 15) is 18.8 Å². The summed E-state index contributed by atoms with van der Waals surface area (Å²) in [6, 6.07) is 13.7. The van der Waals surface area contributed by atoms with Crippen LogP contribution in [0.25, 0.3) is 10.9 Å². The molecule has 3 aromatic rings. The van der Waals surface area contributed by atoms with Crippen LogP contribution in [0.1, 0.15) is 27.7 Å². The van der Waals surface area contributed by atoms with E-state index in [1.54, 1.807) is 36.1 Å². The number of aromatic nitrogens is 1. The van der Waals surface area contributed by atoms with E-state index in [1.807, 2.05) is 4.90 Å². The van der Waals surface area contributed by atoms with E-state index >= 15 is 0 Å². The average Bonchev–Trinajstić information content (AvgIpc) is 2.74. The van der Waals surface area contributed by atoms with Crippen LogP contribution in [0.2, 0.25) is 0 Å². The van der Waals surface area contributed by atoms with Crippen molar-refractivity contribution in [3.8, 4) is 6.07 Å². The Balaban J connectivity index is 1.52. The highest BCUT2D eigenvalue weighted by molar-refractivity contribution is 6.06. The second-order valence-electron chi connectivity index (χ2n) is 7.38. The molecule has 0 N–H and O–H groups in total. The summed E-state index contributed by atoms with van der Waals surface area (Å²) in [5, 5.41) is 10.2. The number of carbonyl (C=O) groups is 1. The molecule has 1 fully saturated rings. The SMILES string of the molecule is Cc1cc(C(=O)N2CCN(C(C#N)c3ccc(F)cc3)CC2)c2ccc(F)cc2n1. The number of rotatable bonds is 3. The Kier molecular flexibility index (Phi) is 5.42. The molecule has 0 aliphatic carbocycles. The number of nitrogens with zero attached hydrogens (tertiary/aromatic N) is 4. The minimum atomic E-state index is -0.491. The van der Waals surface area contributed by atoms with Crippen LogP contribution in [-0.2, 0) is 0 Å². The average molecular weight is 406 g/mol. The van der Waals surface area contributed by atoms with Gasteiger partial charge in [-0.2, -0.15) is 5.26 Å². The number of pyridine rings is 1. The topological polar surface area (TPSA) is 60.2 Å². The van der Waals surface area contributed by atoms with Gasteiger partial charge in [-0.25, -0.2) is 8.78 Å². The Morgan fingerprint density at radius 2 is 1.70 bits per heavy atom. The molecule has 2 aromatic carbocycles. The lowest BCUT2D eigenvalue weighted by Crippen LogP contribution is -2.49. The number of amides is 1. The normalized spacial score (nSPS) is 15.7. The van der Waals surface area contributed by atoms with Crippen molar-refractivity contribution in [3.05, 3.63) is 77.0 Å². The van der Waals surface area contributed by atoms with Crippen LogP contribution in [0, 0.1) is 29.9 Å². The number of hydrogen-bond acceptors (Lipinski definition) is 4. The van der Waals surface area contributed by atoms with Gasteiger partial charge in [-0.15, -0.1) is 0 Å². The van der Waals surface area contributed by atoms with Crippen LogP contribution in [0.3, 0.4) is 0 Å². The van der Waals surface area contributed by atoms with Crippen LogP contribution < -0.4 is 0 Å². The fourth-order valence-electron chi connectivity index (χ4n) is 3.88. The molecule has 4 rings (SSSR count). The molecule has 1 unspecified atom stereocenters. The number of aryl methyl sites for hydroxylation is 1. The summed E-state index contributed by atoms with van der Waals surface area (Å²) in [5.74, 6) is -0.867. The summed E-state index contributed by atoms with van der Waals surface area (Å²) in [6.07, 6.45) is 0. The molecule has 1 atom stereocenters. The largest absolute Gasteiger partial charge is 0.336 e. The zero-order valence-electron chi connectivity index (χ0n) is 16.5. The predicted octanol–water partition coefficient (Wildman–Crippen LogP) is 3.84. The molecule has 0 bridgehead atoms. The van der Waals surface area contributed by atoms with Gasteiger partial charge in [0.2, 0.25) is 0 Å². The van der Waals surface area contributed by atoms with Gasteiger partial charge >= 0.3 is 0 Å². The predicted molar refractivity (Wildman–Crippen MR) is 109 cm³/mol. The van der Waals surface area contributed by atoms with Crippen molar-refractivity contribution < 1.29 is 13.6 Å². The molecule has 152 valence electrons. The third-order valence-electron chi connectivity index (χ3n) is 5.41. The lowest BCUT2D eigenvalue weighted by molar-refractivity contribution is 0.0608. The first-order valence-electron chi connectivity index (χ1n) is 9.71. The first kappa shape index (κ1) is 19.9. The molecule has 0 spiro atoms. The van der Waals surface area contributed by atoms with Crippen LogP contribution in [0.15, 0.2) is 48.5 Å². The van der Waals surface area contributed by atoms with Gasteiger partial charge in [0.25, 0.3) is 5.91 Å². The molecular formula is C23H20F2N4O. The summed E-state index contributed by atoms with van der Waals surface area (Å²) in [5.41, 5.74) is 2.34. The molecule has 0 saturated carbocycles. The zero-order chi connectivity index (χ0) is 21.3. The number of nitriles is 1. The van der Waals surface area contributed by atoms with Crippen molar-refractivity contribution in [2.24, 2.45) is 0 Å². The van der Waals surface area contributed by atoms with Crippen LogP contribution >= 0.6 is 0 Å². The number of piperazine rings is 1.